The Balaban J connectivity index is 1.55. The van der Waals surface area contributed by atoms with Gasteiger partial charge in [0.15, 0.2) is 11.5 Å². The van der Waals surface area contributed by atoms with Crippen LogP contribution < -0.4 is 9.47 Å². The largest absolute Gasteiger partial charge is 0.454 e. The summed E-state index contributed by atoms with van der Waals surface area (Å²) in [6.45, 7) is 0.177. The Bertz CT molecular complexity index is 1230. The minimum Gasteiger partial charge on any atom is -0.454 e. The Kier molecular flexibility index (Phi) is 3.73. The van der Waals surface area contributed by atoms with Gasteiger partial charge in [0.2, 0.25) is 16.8 Å². The van der Waals surface area contributed by atoms with Crippen molar-refractivity contribution in [3.63, 3.8) is 0 Å². The molecule has 0 saturated carbocycles. The van der Waals surface area contributed by atoms with Crippen molar-refractivity contribution in [1.82, 2.24) is 14.4 Å². The van der Waals surface area contributed by atoms with E-state index >= 15 is 0 Å². The van der Waals surface area contributed by atoms with Gasteiger partial charge in [-0.25, -0.2) is 13.4 Å². The number of fused-ring (bicyclic) bond motifs is 2. The lowest BCUT2D eigenvalue weighted by molar-refractivity contribution is 0.174. The summed E-state index contributed by atoms with van der Waals surface area (Å²) in [5.41, 5.74) is 3.46. The number of hydrazone groups is 1. The summed E-state index contributed by atoms with van der Waals surface area (Å²) in [6.07, 6.45) is 3.14. The van der Waals surface area contributed by atoms with Gasteiger partial charge in [-0.1, -0.05) is 12.1 Å². The molecule has 0 radical (unpaired) electrons. The summed E-state index contributed by atoms with van der Waals surface area (Å²) in [4.78, 5) is 9.04. The van der Waals surface area contributed by atoms with Crippen molar-refractivity contribution in [3.05, 3.63) is 59.9 Å². The molecule has 9 heteroatoms. The molecular weight excluding hydrogens is 380 g/mol. The lowest BCUT2D eigenvalue weighted by Crippen LogP contribution is -2.26. The molecule has 3 aromatic rings. The molecule has 0 N–H and O–H groups in total. The Morgan fingerprint density at radius 2 is 1.86 bits per heavy atom. The second-order valence-electron chi connectivity index (χ2n) is 6.65. The number of aromatic nitrogens is 2. The van der Waals surface area contributed by atoms with E-state index in [2.05, 4.69) is 15.1 Å². The quantitative estimate of drug-likeness (QED) is 0.675. The fourth-order valence-corrected chi connectivity index (χ4v) is 4.29. The van der Waals surface area contributed by atoms with Gasteiger partial charge in [0.05, 0.1) is 34.9 Å². The molecule has 0 fully saturated rings. The van der Waals surface area contributed by atoms with Gasteiger partial charge in [0.1, 0.15) is 6.04 Å². The molecule has 2 aliphatic heterocycles. The third kappa shape index (κ3) is 2.84. The maximum absolute atomic E-state index is 12.4. The molecule has 2 aromatic carbocycles. The molecule has 0 spiro atoms. The molecule has 3 heterocycles. The molecule has 1 atom stereocenters. The van der Waals surface area contributed by atoms with Crippen LogP contribution in [-0.2, 0) is 10.0 Å². The van der Waals surface area contributed by atoms with Crippen LogP contribution in [0.1, 0.15) is 23.7 Å². The first-order valence-electron chi connectivity index (χ1n) is 8.68. The standard InChI is InChI=1S/C19H16N4O4S/c1-28(24,25)23-17(16-10-20-13-4-2-3-5-14(13)21-16)9-15(22-23)12-6-7-18-19(8-12)27-11-26-18/h2-8,10,17H,9,11H2,1H3/t17-/m0/s1. The average Bonchev–Trinajstić information content (AvgIpc) is 3.34. The summed E-state index contributed by atoms with van der Waals surface area (Å²) in [5.74, 6) is 1.29. The minimum atomic E-state index is -3.58. The van der Waals surface area contributed by atoms with Crippen molar-refractivity contribution in [1.29, 1.82) is 0 Å². The average molecular weight is 396 g/mol. The van der Waals surface area contributed by atoms with Crippen molar-refractivity contribution >= 4 is 26.8 Å². The van der Waals surface area contributed by atoms with Crippen LogP contribution in [0.5, 0.6) is 11.5 Å². The Labute approximate surface area is 161 Å². The Morgan fingerprint density at radius 1 is 1.07 bits per heavy atom. The number of rotatable bonds is 3. The molecule has 0 amide bonds. The van der Waals surface area contributed by atoms with Gasteiger partial charge in [0, 0.05) is 12.0 Å². The van der Waals surface area contributed by atoms with Crippen LogP contribution >= 0.6 is 0 Å². The van der Waals surface area contributed by atoms with E-state index < -0.39 is 16.1 Å². The van der Waals surface area contributed by atoms with Crippen LogP contribution in [-0.4, -0.2) is 41.6 Å². The van der Waals surface area contributed by atoms with E-state index in [1.807, 2.05) is 36.4 Å². The first-order chi connectivity index (χ1) is 13.5. The van der Waals surface area contributed by atoms with Crippen LogP contribution in [0.4, 0.5) is 0 Å². The smallest absolute Gasteiger partial charge is 0.247 e. The molecule has 142 valence electrons. The van der Waals surface area contributed by atoms with E-state index in [0.29, 0.717) is 34.8 Å². The van der Waals surface area contributed by atoms with Crippen molar-refractivity contribution in [2.24, 2.45) is 5.10 Å². The van der Waals surface area contributed by atoms with Gasteiger partial charge in [-0.15, -0.1) is 0 Å². The molecule has 28 heavy (non-hydrogen) atoms. The van der Waals surface area contributed by atoms with Crippen LogP contribution in [0.15, 0.2) is 53.8 Å². The number of nitrogens with zero attached hydrogens (tertiary/aromatic N) is 4. The third-order valence-corrected chi connectivity index (χ3v) is 5.74. The zero-order valence-corrected chi connectivity index (χ0v) is 15.8. The molecule has 1 aromatic heterocycles. The minimum absolute atomic E-state index is 0.177. The summed E-state index contributed by atoms with van der Waals surface area (Å²) in [7, 11) is -3.58. The van der Waals surface area contributed by atoms with E-state index in [4.69, 9.17) is 9.47 Å². The lowest BCUT2D eigenvalue weighted by atomic mass is 10.0. The number of benzene rings is 2. The normalized spacial score (nSPS) is 18.5. The molecule has 5 rings (SSSR count). The Hall–Kier alpha value is -3.20. The van der Waals surface area contributed by atoms with Crippen molar-refractivity contribution < 1.29 is 17.9 Å². The molecule has 8 nitrogen and oxygen atoms in total. The van der Waals surface area contributed by atoms with Crippen LogP contribution in [0.3, 0.4) is 0 Å². The predicted molar refractivity (Wildman–Crippen MR) is 103 cm³/mol. The SMILES string of the molecule is CS(=O)(=O)N1N=C(c2ccc3c(c2)OCO3)C[C@H]1c1cnc2ccccc2n1. The topological polar surface area (TPSA) is 94.0 Å². The highest BCUT2D eigenvalue weighted by atomic mass is 32.2. The number of sulfonamides is 1. The molecular formula is C19H16N4O4S. The second kappa shape index (κ2) is 6.16. The third-order valence-electron chi connectivity index (χ3n) is 4.73. The summed E-state index contributed by atoms with van der Waals surface area (Å²) in [5, 5.41) is 4.39. The van der Waals surface area contributed by atoms with Gasteiger partial charge >= 0.3 is 0 Å². The fourth-order valence-electron chi connectivity index (χ4n) is 3.40. The maximum atomic E-state index is 12.4. The summed E-state index contributed by atoms with van der Waals surface area (Å²) < 4.78 is 36.6. The van der Waals surface area contributed by atoms with Gasteiger partial charge in [0.25, 0.3) is 0 Å². The zero-order valence-electron chi connectivity index (χ0n) is 14.9. The van der Waals surface area contributed by atoms with Crippen molar-refractivity contribution in [3.8, 4) is 11.5 Å². The number of ether oxygens (including phenoxy) is 2. The van der Waals surface area contributed by atoms with E-state index in [0.717, 1.165) is 21.8 Å². The van der Waals surface area contributed by atoms with E-state index in [9.17, 15) is 8.42 Å². The highest BCUT2D eigenvalue weighted by molar-refractivity contribution is 7.88. The first-order valence-corrected chi connectivity index (χ1v) is 10.5. The summed E-state index contributed by atoms with van der Waals surface area (Å²) in [6, 6.07) is 12.4. The highest BCUT2D eigenvalue weighted by Crippen LogP contribution is 2.37. The summed E-state index contributed by atoms with van der Waals surface area (Å²) >= 11 is 0. The Morgan fingerprint density at radius 3 is 2.68 bits per heavy atom. The number of hydrogen-bond donors (Lipinski definition) is 0. The van der Waals surface area contributed by atoms with Gasteiger partial charge in [-0.2, -0.15) is 9.52 Å². The van der Waals surface area contributed by atoms with E-state index in [1.54, 1.807) is 12.3 Å². The lowest BCUT2D eigenvalue weighted by Gasteiger charge is -2.20. The van der Waals surface area contributed by atoms with Crippen LogP contribution in [0.2, 0.25) is 0 Å². The van der Waals surface area contributed by atoms with Gasteiger partial charge in [-0.3, -0.25) is 4.98 Å². The molecule has 0 saturated heterocycles. The molecule has 0 bridgehead atoms. The molecule has 0 aliphatic carbocycles. The second-order valence-corrected chi connectivity index (χ2v) is 8.49. The first kappa shape index (κ1) is 16.9. The van der Waals surface area contributed by atoms with Crippen LogP contribution in [0, 0.1) is 0 Å². The predicted octanol–water partition coefficient (Wildman–Crippen LogP) is 2.47. The van der Waals surface area contributed by atoms with Gasteiger partial charge in [-0.05, 0) is 30.3 Å². The number of hydrogen-bond acceptors (Lipinski definition) is 7. The maximum Gasteiger partial charge on any atom is 0.247 e. The van der Waals surface area contributed by atoms with Crippen molar-refractivity contribution in [2.45, 2.75) is 12.5 Å². The van der Waals surface area contributed by atoms with Crippen molar-refractivity contribution in [2.75, 3.05) is 13.0 Å². The van der Waals surface area contributed by atoms with E-state index in [1.165, 1.54) is 0 Å². The molecule has 0 unspecified atom stereocenters. The highest BCUT2D eigenvalue weighted by Gasteiger charge is 2.36. The monoisotopic (exact) mass is 396 g/mol. The zero-order chi connectivity index (χ0) is 19.3. The molecule has 2 aliphatic rings. The van der Waals surface area contributed by atoms with Gasteiger partial charge < -0.3 is 9.47 Å². The number of para-hydroxylation sites is 2. The van der Waals surface area contributed by atoms with E-state index in [-0.39, 0.29) is 6.79 Å². The fraction of sp³-hybridized carbons (Fsp3) is 0.211. The van der Waals surface area contributed by atoms with Crippen LogP contribution in [0.25, 0.3) is 11.0 Å².